The zero-order valence-electron chi connectivity index (χ0n) is 20.9. The number of pyridine rings is 2. The first-order valence-electron chi connectivity index (χ1n) is 12.2. The summed E-state index contributed by atoms with van der Waals surface area (Å²) in [5, 5.41) is 6.25. The number of hydrogen-bond acceptors (Lipinski definition) is 6. The van der Waals surface area contributed by atoms with Crippen LogP contribution in [0.3, 0.4) is 0 Å². The minimum Gasteiger partial charge on any atom is -0.367 e. The molecule has 3 aromatic heterocycles. The van der Waals surface area contributed by atoms with E-state index in [9.17, 15) is 9.59 Å². The van der Waals surface area contributed by atoms with E-state index >= 15 is 0 Å². The highest BCUT2D eigenvalue weighted by atomic mass is 16.5. The number of anilines is 3. The third-order valence-electron chi connectivity index (χ3n) is 6.23. The summed E-state index contributed by atoms with van der Waals surface area (Å²) in [7, 11) is 0. The van der Waals surface area contributed by atoms with Crippen LogP contribution < -0.4 is 10.6 Å². The van der Waals surface area contributed by atoms with Gasteiger partial charge in [0.05, 0.1) is 23.6 Å². The normalized spacial score (nSPS) is 14.2. The van der Waals surface area contributed by atoms with Crippen molar-refractivity contribution in [3.05, 3.63) is 90.0 Å². The Labute approximate surface area is 215 Å². The maximum atomic E-state index is 13.2. The van der Waals surface area contributed by atoms with Gasteiger partial charge in [0.1, 0.15) is 12.4 Å². The number of rotatable bonds is 8. The number of hydrogen-bond donors (Lipinski definition) is 3. The number of ether oxygens (including phenoxy) is 1. The minimum atomic E-state index is -0.307. The molecule has 0 spiro atoms. The van der Waals surface area contributed by atoms with Gasteiger partial charge >= 0.3 is 0 Å². The van der Waals surface area contributed by atoms with Crippen molar-refractivity contribution in [3.63, 3.8) is 0 Å². The van der Waals surface area contributed by atoms with Gasteiger partial charge < -0.3 is 20.4 Å². The first-order chi connectivity index (χ1) is 17.9. The van der Waals surface area contributed by atoms with Crippen LogP contribution in [0.25, 0.3) is 11.3 Å². The van der Waals surface area contributed by atoms with Crippen LogP contribution in [-0.2, 0) is 22.6 Å². The lowest BCUT2D eigenvalue weighted by Crippen LogP contribution is -2.26. The Balaban J connectivity index is 1.39. The molecule has 0 fully saturated rings. The summed E-state index contributed by atoms with van der Waals surface area (Å²) < 4.78 is 5.51. The van der Waals surface area contributed by atoms with Crippen molar-refractivity contribution >= 4 is 28.9 Å². The number of benzene rings is 1. The van der Waals surface area contributed by atoms with Gasteiger partial charge in [0, 0.05) is 42.0 Å². The first kappa shape index (κ1) is 24.4. The van der Waals surface area contributed by atoms with Crippen molar-refractivity contribution < 1.29 is 14.3 Å². The number of nitrogens with one attached hydrogen (secondary N) is 3. The number of H-pyrrole nitrogens is 1. The second kappa shape index (κ2) is 10.4. The molecule has 1 aliphatic carbocycles. The summed E-state index contributed by atoms with van der Waals surface area (Å²) in [6, 6.07) is 17.1. The van der Waals surface area contributed by atoms with Gasteiger partial charge in [0.2, 0.25) is 0 Å². The van der Waals surface area contributed by atoms with Crippen LogP contribution in [0.15, 0.2) is 73.2 Å². The standard InChI is InChI=1S/C29H29N5O3/c1-29(2)14-22-26(23(35)15-29)28(32-21-8-4-3-5-9-21)27(33-22)20-10-12-31-24(13-20)34-25(36)18-37-17-19-7-6-11-30-16-19/h3-13,16,32-33H,14-15,17-18H2,1-2H3,(H,31,34,36). The molecule has 0 saturated heterocycles. The summed E-state index contributed by atoms with van der Waals surface area (Å²) in [5.74, 6) is 0.205. The van der Waals surface area contributed by atoms with Crippen LogP contribution in [0.1, 0.15) is 41.9 Å². The molecular weight excluding hydrogens is 466 g/mol. The van der Waals surface area contributed by atoms with E-state index in [2.05, 4.69) is 39.4 Å². The van der Waals surface area contributed by atoms with E-state index in [4.69, 9.17) is 4.74 Å². The average molecular weight is 496 g/mol. The number of carbonyl (C=O) groups excluding carboxylic acids is 2. The molecule has 1 aromatic carbocycles. The molecule has 0 bridgehead atoms. The Hall–Kier alpha value is -4.30. The molecule has 0 aliphatic heterocycles. The van der Waals surface area contributed by atoms with E-state index < -0.39 is 0 Å². The van der Waals surface area contributed by atoms with Crippen molar-refractivity contribution in [2.75, 3.05) is 17.2 Å². The Kier molecular flexibility index (Phi) is 6.83. The fourth-order valence-corrected chi connectivity index (χ4v) is 4.64. The number of para-hydroxylation sites is 1. The topological polar surface area (TPSA) is 109 Å². The Bertz CT molecular complexity index is 1410. The second-order valence-corrected chi connectivity index (χ2v) is 9.99. The fourth-order valence-electron chi connectivity index (χ4n) is 4.64. The van der Waals surface area contributed by atoms with E-state index in [0.717, 1.165) is 40.3 Å². The van der Waals surface area contributed by atoms with E-state index in [1.54, 1.807) is 24.7 Å². The van der Waals surface area contributed by atoms with Gasteiger partial charge in [-0.25, -0.2) is 4.98 Å². The second-order valence-electron chi connectivity index (χ2n) is 9.99. The quantitative estimate of drug-likeness (QED) is 0.297. The maximum Gasteiger partial charge on any atom is 0.251 e. The average Bonchev–Trinajstić information content (AvgIpc) is 3.22. The Morgan fingerprint density at radius 3 is 2.70 bits per heavy atom. The van der Waals surface area contributed by atoms with E-state index in [1.807, 2.05) is 48.5 Å². The lowest BCUT2D eigenvalue weighted by Gasteiger charge is -2.28. The van der Waals surface area contributed by atoms with Crippen LogP contribution >= 0.6 is 0 Å². The highest BCUT2D eigenvalue weighted by molar-refractivity contribution is 6.08. The lowest BCUT2D eigenvalue weighted by atomic mass is 9.76. The van der Waals surface area contributed by atoms with Gasteiger partial charge in [-0.15, -0.1) is 0 Å². The van der Waals surface area contributed by atoms with Crippen molar-refractivity contribution in [3.8, 4) is 11.3 Å². The monoisotopic (exact) mass is 495 g/mol. The van der Waals surface area contributed by atoms with Gasteiger partial charge in [0.25, 0.3) is 5.91 Å². The molecule has 8 heteroatoms. The van der Waals surface area contributed by atoms with Gasteiger partial charge in [-0.3, -0.25) is 14.6 Å². The van der Waals surface area contributed by atoms with E-state index in [1.165, 1.54) is 0 Å². The molecule has 3 N–H and O–H groups in total. The summed E-state index contributed by atoms with van der Waals surface area (Å²) in [6.07, 6.45) is 6.27. The third-order valence-corrected chi connectivity index (χ3v) is 6.23. The fraction of sp³-hybridized carbons (Fsp3) is 0.241. The summed E-state index contributed by atoms with van der Waals surface area (Å²) in [4.78, 5) is 37.5. The SMILES string of the molecule is CC1(C)CC(=O)c2c([nH]c(-c3ccnc(NC(=O)COCc4cccnc4)c3)c2Nc2ccccc2)C1. The van der Waals surface area contributed by atoms with Gasteiger partial charge in [-0.05, 0) is 47.7 Å². The number of nitrogens with zero attached hydrogens (tertiary/aromatic N) is 2. The maximum absolute atomic E-state index is 13.2. The molecule has 0 atom stereocenters. The number of aromatic amines is 1. The molecule has 3 heterocycles. The first-order valence-corrected chi connectivity index (χ1v) is 12.2. The van der Waals surface area contributed by atoms with Crippen LogP contribution in [0.4, 0.5) is 17.2 Å². The summed E-state index contributed by atoms with van der Waals surface area (Å²) in [6.45, 7) is 4.40. The summed E-state index contributed by atoms with van der Waals surface area (Å²) in [5.41, 5.74) is 5.60. The summed E-state index contributed by atoms with van der Waals surface area (Å²) >= 11 is 0. The molecule has 5 rings (SSSR count). The molecule has 0 radical (unpaired) electrons. The van der Waals surface area contributed by atoms with Crippen molar-refractivity contribution in [2.24, 2.45) is 5.41 Å². The van der Waals surface area contributed by atoms with Crippen molar-refractivity contribution in [1.29, 1.82) is 0 Å². The Morgan fingerprint density at radius 1 is 1.08 bits per heavy atom. The molecule has 1 aliphatic rings. The predicted octanol–water partition coefficient (Wildman–Crippen LogP) is 5.53. The van der Waals surface area contributed by atoms with Crippen molar-refractivity contribution in [2.45, 2.75) is 33.3 Å². The number of ketones is 1. The Morgan fingerprint density at radius 2 is 1.92 bits per heavy atom. The number of fused-ring (bicyclic) bond motifs is 1. The molecule has 188 valence electrons. The van der Waals surface area contributed by atoms with Crippen molar-refractivity contribution in [1.82, 2.24) is 15.0 Å². The number of Topliss-reactive ketones (excluding diaryl/α,β-unsaturated/α-hetero) is 1. The predicted molar refractivity (Wildman–Crippen MR) is 143 cm³/mol. The van der Waals surface area contributed by atoms with Gasteiger partial charge in [-0.1, -0.05) is 38.1 Å². The number of aromatic nitrogens is 3. The van der Waals surface area contributed by atoms with Crippen LogP contribution in [-0.4, -0.2) is 33.2 Å². The number of carbonyl (C=O) groups is 2. The largest absolute Gasteiger partial charge is 0.367 e. The molecule has 37 heavy (non-hydrogen) atoms. The van der Waals surface area contributed by atoms with Gasteiger partial charge in [0.15, 0.2) is 5.78 Å². The third kappa shape index (κ3) is 5.76. The zero-order chi connectivity index (χ0) is 25.8. The van der Waals surface area contributed by atoms with Crippen LogP contribution in [0.2, 0.25) is 0 Å². The molecular formula is C29H29N5O3. The smallest absolute Gasteiger partial charge is 0.251 e. The highest BCUT2D eigenvalue weighted by Gasteiger charge is 2.35. The van der Waals surface area contributed by atoms with Gasteiger partial charge in [-0.2, -0.15) is 0 Å². The molecule has 0 saturated carbocycles. The molecule has 8 nitrogen and oxygen atoms in total. The minimum absolute atomic E-state index is 0.109. The van der Waals surface area contributed by atoms with Crippen LogP contribution in [0, 0.1) is 5.41 Å². The van der Waals surface area contributed by atoms with E-state index in [-0.39, 0.29) is 23.7 Å². The molecule has 1 amide bonds. The zero-order valence-corrected chi connectivity index (χ0v) is 20.9. The molecule has 0 unspecified atom stereocenters. The lowest BCUT2D eigenvalue weighted by molar-refractivity contribution is -0.121. The van der Waals surface area contributed by atoms with Crippen LogP contribution in [0.5, 0.6) is 0 Å². The number of amides is 1. The highest BCUT2D eigenvalue weighted by Crippen LogP contribution is 2.43. The van der Waals surface area contributed by atoms with E-state index in [0.29, 0.717) is 24.4 Å². The molecule has 4 aromatic rings.